The minimum absolute atomic E-state index is 0. The molecule has 26 heavy (non-hydrogen) atoms. The lowest BCUT2D eigenvalue weighted by molar-refractivity contribution is -0.134. The molecule has 0 unspecified atom stereocenters. The number of nitrogens with zero attached hydrogens (tertiary/aromatic N) is 1. The van der Waals surface area contributed by atoms with Gasteiger partial charge in [0.25, 0.3) is 5.91 Å². The quantitative estimate of drug-likeness (QED) is 0.839. The highest BCUT2D eigenvalue weighted by Crippen LogP contribution is 2.28. The molecule has 0 bridgehead atoms. The average Bonchev–Trinajstić information content (AvgIpc) is 3.49. The highest BCUT2D eigenvalue weighted by atomic mass is 35.5. The Morgan fingerprint density at radius 1 is 1.04 bits per heavy atom. The van der Waals surface area contributed by atoms with Crippen molar-refractivity contribution < 1.29 is 9.53 Å². The first-order chi connectivity index (χ1) is 12.3. The lowest BCUT2D eigenvalue weighted by Gasteiger charge is -2.32. The second-order valence-electron chi connectivity index (χ2n) is 7.30. The van der Waals surface area contributed by atoms with E-state index in [9.17, 15) is 4.79 Å². The van der Waals surface area contributed by atoms with Crippen molar-refractivity contribution in [3.8, 4) is 5.75 Å². The topological polar surface area (TPSA) is 41.6 Å². The minimum atomic E-state index is 0. The summed E-state index contributed by atoms with van der Waals surface area (Å²) in [4.78, 5) is 14.3. The predicted octanol–water partition coefficient (Wildman–Crippen LogP) is 3.63. The van der Waals surface area contributed by atoms with Crippen LogP contribution in [0.1, 0.15) is 25.7 Å². The van der Waals surface area contributed by atoms with E-state index in [1.807, 2.05) is 35.2 Å². The van der Waals surface area contributed by atoms with Crippen LogP contribution in [0.2, 0.25) is 0 Å². The molecule has 2 aliphatic rings. The second kappa shape index (κ2) is 8.74. The number of hydrogen-bond acceptors (Lipinski definition) is 3. The van der Waals surface area contributed by atoms with Crippen LogP contribution in [0.25, 0.3) is 10.8 Å². The Labute approximate surface area is 161 Å². The van der Waals surface area contributed by atoms with Crippen molar-refractivity contribution in [2.75, 3.05) is 26.2 Å². The first-order valence-corrected chi connectivity index (χ1v) is 9.41. The van der Waals surface area contributed by atoms with E-state index in [1.54, 1.807) is 0 Å². The molecule has 0 atom stereocenters. The van der Waals surface area contributed by atoms with Gasteiger partial charge >= 0.3 is 0 Å². The maximum absolute atomic E-state index is 12.4. The van der Waals surface area contributed by atoms with Gasteiger partial charge in [-0.2, -0.15) is 0 Å². The summed E-state index contributed by atoms with van der Waals surface area (Å²) in [6, 6.07) is 14.7. The average molecular weight is 375 g/mol. The van der Waals surface area contributed by atoms with Gasteiger partial charge in [-0.25, -0.2) is 0 Å². The maximum atomic E-state index is 12.4. The summed E-state index contributed by atoms with van der Waals surface area (Å²) in [7, 11) is 0. The molecule has 1 aliphatic carbocycles. The van der Waals surface area contributed by atoms with E-state index in [1.165, 1.54) is 18.2 Å². The largest absolute Gasteiger partial charge is 0.484 e. The van der Waals surface area contributed by atoms with Crippen LogP contribution >= 0.6 is 12.4 Å². The molecule has 1 heterocycles. The summed E-state index contributed by atoms with van der Waals surface area (Å²) in [6.07, 6.45) is 4.87. The van der Waals surface area contributed by atoms with Crippen LogP contribution in [0.5, 0.6) is 5.75 Å². The molecular formula is C21H27ClN2O2. The second-order valence-corrected chi connectivity index (χ2v) is 7.30. The predicted molar refractivity (Wildman–Crippen MR) is 107 cm³/mol. The summed E-state index contributed by atoms with van der Waals surface area (Å²) in [6.45, 7) is 2.95. The van der Waals surface area contributed by atoms with E-state index in [0.717, 1.165) is 49.5 Å². The number of amides is 1. The van der Waals surface area contributed by atoms with Gasteiger partial charge in [0.05, 0.1) is 0 Å². The number of piperidine rings is 1. The van der Waals surface area contributed by atoms with Crippen LogP contribution in [0.3, 0.4) is 0 Å². The van der Waals surface area contributed by atoms with Crippen molar-refractivity contribution in [1.29, 1.82) is 0 Å². The minimum Gasteiger partial charge on any atom is -0.484 e. The Morgan fingerprint density at radius 3 is 2.50 bits per heavy atom. The van der Waals surface area contributed by atoms with Crippen molar-refractivity contribution in [2.45, 2.75) is 31.7 Å². The maximum Gasteiger partial charge on any atom is 0.260 e. The van der Waals surface area contributed by atoms with E-state index >= 15 is 0 Å². The van der Waals surface area contributed by atoms with Crippen LogP contribution in [0.15, 0.2) is 42.5 Å². The molecule has 2 aromatic carbocycles. The van der Waals surface area contributed by atoms with Gasteiger partial charge in [-0.05, 0) is 61.1 Å². The van der Waals surface area contributed by atoms with E-state index in [4.69, 9.17) is 4.74 Å². The number of ether oxygens (including phenoxy) is 1. The molecule has 2 aromatic rings. The van der Waals surface area contributed by atoms with Crippen LogP contribution in [-0.4, -0.2) is 43.1 Å². The van der Waals surface area contributed by atoms with Gasteiger partial charge in [0.1, 0.15) is 5.75 Å². The molecule has 1 saturated carbocycles. The molecule has 2 fully saturated rings. The zero-order valence-electron chi connectivity index (χ0n) is 15.0. The monoisotopic (exact) mass is 374 g/mol. The number of fused-ring (bicyclic) bond motifs is 1. The number of carbonyl (C=O) groups excluding carboxylic acids is 1. The molecule has 140 valence electrons. The Balaban J connectivity index is 0.00000196. The van der Waals surface area contributed by atoms with Crippen molar-refractivity contribution >= 4 is 29.1 Å². The molecule has 1 saturated heterocycles. The normalized spacial score (nSPS) is 17.8. The molecule has 4 nitrogen and oxygen atoms in total. The summed E-state index contributed by atoms with van der Waals surface area (Å²) < 4.78 is 5.74. The SMILES string of the molecule is Cl.O=C(COc1ccc2ccccc2c1)N1CCC(NCC2CC2)CC1. The summed E-state index contributed by atoms with van der Waals surface area (Å²) in [5, 5.41) is 5.97. The highest BCUT2D eigenvalue weighted by molar-refractivity contribution is 5.85. The van der Waals surface area contributed by atoms with Gasteiger partial charge in [-0.1, -0.05) is 30.3 Å². The first-order valence-electron chi connectivity index (χ1n) is 9.41. The number of rotatable bonds is 6. The molecule has 1 N–H and O–H groups in total. The molecule has 0 aromatic heterocycles. The molecule has 1 amide bonds. The smallest absolute Gasteiger partial charge is 0.260 e. The standard InChI is InChI=1S/C21H26N2O2.ClH/c24-21(23-11-9-19(10-12-23)22-14-16-5-6-16)15-25-20-8-7-17-3-1-2-4-18(17)13-20;/h1-4,7-8,13,16,19,22H,5-6,9-12,14-15H2;1H. The van der Waals surface area contributed by atoms with E-state index in [2.05, 4.69) is 17.4 Å². The number of hydrogen-bond donors (Lipinski definition) is 1. The van der Waals surface area contributed by atoms with E-state index < -0.39 is 0 Å². The van der Waals surface area contributed by atoms with Crippen LogP contribution < -0.4 is 10.1 Å². The van der Waals surface area contributed by atoms with Gasteiger partial charge in [0.2, 0.25) is 0 Å². The van der Waals surface area contributed by atoms with Crippen LogP contribution in [0, 0.1) is 5.92 Å². The number of halogens is 1. The van der Waals surface area contributed by atoms with E-state index in [-0.39, 0.29) is 24.9 Å². The van der Waals surface area contributed by atoms with Crippen molar-refractivity contribution in [3.63, 3.8) is 0 Å². The van der Waals surface area contributed by atoms with Crippen molar-refractivity contribution in [3.05, 3.63) is 42.5 Å². The highest BCUT2D eigenvalue weighted by Gasteiger charge is 2.26. The third-order valence-electron chi connectivity index (χ3n) is 5.32. The first kappa shape index (κ1) is 19.0. The lowest BCUT2D eigenvalue weighted by Crippen LogP contribution is -2.46. The summed E-state index contributed by atoms with van der Waals surface area (Å²) >= 11 is 0. The van der Waals surface area contributed by atoms with Gasteiger partial charge in [0.15, 0.2) is 6.61 Å². The number of nitrogens with one attached hydrogen (secondary N) is 1. The fourth-order valence-electron chi connectivity index (χ4n) is 3.48. The summed E-state index contributed by atoms with van der Waals surface area (Å²) in [5.74, 6) is 1.76. The Bertz CT molecular complexity index is 740. The molecule has 1 aliphatic heterocycles. The lowest BCUT2D eigenvalue weighted by atomic mass is 10.0. The molecular weight excluding hydrogens is 348 g/mol. The van der Waals surface area contributed by atoms with Gasteiger partial charge in [-0.3, -0.25) is 4.79 Å². The van der Waals surface area contributed by atoms with E-state index in [0.29, 0.717) is 6.04 Å². The molecule has 4 rings (SSSR count). The number of benzene rings is 2. The van der Waals surface area contributed by atoms with Gasteiger partial charge in [0, 0.05) is 19.1 Å². The number of likely N-dealkylation sites (tertiary alicyclic amines) is 1. The molecule has 5 heteroatoms. The zero-order chi connectivity index (χ0) is 17.1. The van der Waals surface area contributed by atoms with Crippen LogP contribution in [-0.2, 0) is 4.79 Å². The zero-order valence-corrected chi connectivity index (χ0v) is 15.8. The Kier molecular flexibility index (Phi) is 6.38. The van der Waals surface area contributed by atoms with Crippen molar-refractivity contribution in [1.82, 2.24) is 10.2 Å². The Hall–Kier alpha value is -1.78. The molecule has 0 radical (unpaired) electrons. The Morgan fingerprint density at radius 2 is 1.77 bits per heavy atom. The fourth-order valence-corrected chi connectivity index (χ4v) is 3.48. The van der Waals surface area contributed by atoms with Crippen molar-refractivity contribution in [2.24, 2.45) is 5.92 Å². The fraction of sp³-hybridized carbons (Fsp3) is 0.476. The van der Waals surface area contributed by atoms with Gasteiger partial charge in [-0.15, -0.1) is 12.4 Å². The molecule has 0 spiro atoms. The summed E-state index contributed by atoms with van der Waals surface area (Å²) in [5.41, 5.74) is 0. The third-order valence-corrected chi connectivity index (χ3v) is 5.32. The third kappa shape index (κ3) is 4.89. The number of carbonyl (C=O) groups is 1. The van der Waals surface area contributed by atoms with Gasteiger partial charge < -0.3 is 15.0 Å². The van der Waals surface area contributed by atoms with Crippen LogP contribution in [0.4, 0.5) is 0 Å².